The summed E-state index contributed by atoms with van der Waals surface area (Å²) >= 11 is 6.78. The maximum Gasteiger partial charge on any atom is 0.195 e. The Bertz CT molecular complexity index is 652. The molecule has 3 rings (SSSR count). The predicted octanol–water partition coefficient (Wildman–Crippen LogP) is 4.04. The van der Waals surface area contributed by atoms with Crippen LogP contribution in [0, 0.1) is 0 Å². The van der Waals surface area contributed by atoms with Crippen LogP contribution in [0.15, 0.2) is 41.3 Å². The largest absolute Gasteiger partial charge is 0.325 e. The van der Waals surface area contributed by atoms with Crippen LogP contribution in [0.1, 0.15) is 27.0 Å². The van der Waals surface area contributed by atoms with Crippen LogP contribution >= 0.6 is 23.6 Å². The van der Waals surface area contributed by atoms with E-state index in [4.69, 9.17) is 11.6 Å². The Morgan fingerprint density at radius 2 is 1.94 bits per heavy atom. The van der Waals surface area contributed by atoms with Gasteiger partial charge in [0.2, 0.25) is 0 Å². The lowest BCUT2D eigenvalue weighted by Gasteiger charge is -2.21. The number of fused-ring (bicyclic) bond motifs is 2. The fraction of sp³-hybridized carbons (Fsp3) is 0.0714. The summed E-state index contributed by atoms with van der Waals surface area (Å²) in [5.41, 5.74) is 3.02. The van der Waals surface area contributed by atoms with Gasteiger partial charge in [-0.15, -0.1) is 0 Å². The van der Waals surface area contributed by atoms with E-state index in [1.165, 1.54) is 0 Å². The topological polar surface area (TPSA) is 37.3 Å². The Labute approximate surface area is 114 Å². The average Bonchev–Trinajstić information content (AvgIpc) is 2.39. The van der Waals surface area contributed by atoms with Gasteiger partial charge in [0.05, 0.1) is 5.02 Å². The number of halogens is 1. The number of carbonyl (C=O) groups is 1. The molecule has 4 heteroatoms. The van der Waals surface area contributed by atoms with Crippen molar-refractivity contribution in [3.8, 4) is 0 Å². The normalized spacial score (nSPS) is 13.1. The highest BCUT2D eigenvalue weighted by atomic mass is 35.5. The van der Waals surface area contributed by atoms with E-state index in [1.807, 2.05) is 24.3 Å². The van der Waals surface area contributed by atoms with Crippen molar-refractivity contribution in [3.63, 3.8) is 0 Å². The SMILES string of the molecule is O=C1c2ccccc2Cc2c(SO)ccc(Cl)c21. The lowest BCUT2D eigenvalue weighted by molar-refractivity contribution is 0.103. The first kappa shape index (κ1) is 11.8. The van der Waals surface area contributed by atoms with E-state index in [1.54, 1.807) is 12.1 Å². The van der Waals surface area contributed by atoms with Crippen LogP contribution in [0.4, 0.5) is 0 Å². The smallest absolute Gasteiger partial charge is 0.195 e. The molecular weight excluding hydrogens is 268 g/mol. The molecule has 0 amide bonds. The number of hydrogen-bond donors (Lipinski definition) is 1. The van der Waals surface area contributed by atoms with E-state index >= 15 is 0 Å². The van der Waals surface area contributed by atoms with E-state index in [0.717, 1.165) is 11.1 Å². The molecule has 0 unspecified atom stereocenters. The molecule has 0 bridgehead atoms. The molecule has 0 fully saturated rings. The van der Waals surface area contributed by atoms with Crippen LogP contribution in [-0.2, 0) is 6.42 Å². The Morgan fingerprint density at radius 3 is 2.72 bits per heavy atom. The zero-order valence-electron chi connectivity index (χ0n) is 9.31. The van der Waals surface area contributed by atoms with Gasteiger partial charge < -0.3 is 4.55 Å². The first-order valence-electron chi connectivity index (χ1n) is 5.47. The summed E-state index contributed by atoms with van der Waals surface area (Å²) in [7, 11) is 0. The monoisotopic (exact) mass is 276 g/mol. The standard InChI is InChI=1S/C14H9ClO2S/c15-11-5-6-12(18-17)10-7-8-3-1-2-4-9(8)14(16)13(10)11/h1-6,17H,7H2. The van der Waals surface area contributed by atoms with Gasteiger partial charge in [-0.1, -0.05) is 35.9 Å². The second-order valence-electron chi connectivity index (χ2n) is 4.15. The molecule has 1 N–H and O–H groups in total. The van der Waals surface area contributed by atoms with E-state index in [0.29, 0.717) is 39.5 Å². The molecule has 1 aliphatic carbocycles. The summed E-state index contributed by atoms with van der Waals surface area (Å²) in [4.78, 5) is 13.1. The zero-order valence-corrected chi connectivity index (χ0v) is 10.9. The molecule has 1 aliphatic rings. The second-order valence-corrected chi connectivity index (χ2v) is 5.18. The summed E-state index contributed by atoms with van der Waals surface area (Å²) < 4.78 is 9.28. The van der Waals surface area contributed by atoms with Gasteiger partial charge in [0.1, 0.15) is 0 Å². The summed E-state index contributed by atoms with van der Waals surface area (Å²) in [5, 5.41) is 0.447. The van der Waals surface area contributed by atoms with Crippen molar-refractivity contribution in [2.75, 3.05) is 0 Å². The van der Waals surface area contributed by atoms with E-state index in [-0.39, 0.29) is 5.78 Å². The first-order chi connectivity index (χ1) is 8.72. The summed E-state index contributed by atoms with van der Waals surface area (Å²) in [6.45, 7) is 0. The molecule has 0 aliphatic heterocycles. The van der Waals surface area contributed by atoms with E-state index in [9.17, 15) is 9.35 Å². The molecule has 18 heavy (non-hydrogen) atoms. The van der Waals surface area contributed by atoms with Gasteiger partial charge in [-0.05, 0) is 23.3 Å². The quantitative estimate of drug-likeness (QED) is 0.682. The Hall–Kier alpha value is -1.29. The molecule has 0 saturated heterocycles. The highest BCUT2D eigenvalue weighted by molar-refractivity contribution is 7.93. The molecule has 0 saturated carbocycles. The van der Waals surface area contributed by atoms with Crippen molar-refractivity contribution >= 4 is 29.4 Å². The van der Waals surface area contributed by atoms with Crippen molar-refractivity contribution in [2.45, 2.75) is 11.3 Å². The van der Waals surface area contributed by atoms with E-state index in [2.05, 4.69) is 0 Å². The average molecular weight is 277 g/mol. The van der Waals surface area contributed by atoms with Gasteiger partial charge in [0.15, 0.2) is 5.78 Å². The number of benzene rings is 2. The van der Waals surface area contributed by atoms with Gasteiger partial charge in [0, 0.05) is 34.5 Å². The summed E-state index contributed by atoms with van der Waals surface area (Å²) in [6.07, 6.45) is 0.626. The molecule has 2 aromatic carbocycles. The Morgan fingerprint density at radius 1 is 1.17 bits per heavy atom. The van der Waals surface area contributed by atoms with Gasteiger partial charge >= 0.3 is 0 Å². The third-order valence-corrected chi connectivity index (χ3v) is 4.07. The maximum atomic E-state index is 12.4. The number of ketones is 1. The summed E-state index contributed by atoms with van der Waals surface area (Å²) in [6, 6.07) is 10.9. The minimum Gasteiger partial charge on any atom is -0.325 e. The van der Waals surface area contributed by atoms with Crippen LogP contribution in [0.5, 0.6) is 0 Å². The molecule has 2 aromatic rings. The van der Waals surface area contributed by atoms with Crippen LogP contribution in [0.25, 0.3) is 0 Å². The minimum absolute atomic E-state index is 0.0623. The molecule has 0 radical (unpaired) electrons. The molecular formula is C14H9ClO2S. The number of hydrogen-bond acceptors (Lipinski definition) is 3. The molecule has 0 aromatic heterocycles. The molecule has 2 nitrogen and oxygen atoms in total. The highest BCUT2D eigenvalue weighted by Crippen LogP contribution is 2.36. The van der Waals surface area contributed by atoms with Crippen molar-refractivity contribution in [1.29, 1.82) is 0 Å². The van der Waals surface area contributed by atoms with Crippen LogP contribution < -0.4 is 0 Å². The van der Waals surface area contributed by atoms with Crippen LogP contribution in [0.2, 0.25) is 5.02 Å². The first-order valence-corrected chi connectivity index (χ1v) is 6.63. The number of rotatable bonds is 1. The maximum absolute atomic E-state index is 12.4. The lowest BCUT2D eigenvalue weighted by atomic mass is 9.85. The van der Waals surface area contributed by atoms with Crippen molar-refractivity contribution in [1.82, 2.24) is 0 Å². The Kier molecular flexibility index (Phi) is 2.90. The van der Waals surface area contributed by atoms with Gasteiger partial charge in [-0.2, -0.15) is 0 Å². The van der Waals surface area contributed by atoms with Crippen molar-refractivity contribution in [3.05, 3.63) is 63.7 Å². The van der Waals surface area contributed by atoms with Gasteiger partial charge in [0.25, 0.3) is 0 Å². The number of carbonyl (C=O) groups excluding carboxylic acids is 1. The molecule has 0 heterocycles. The minimum atomic E-state index is -0.0623. The fourth-order valence-electron chi connectivity index (χ4n) is 2.33. The third kappa shape index (κ3) is 1.67. The van der Waals surface area contributed by atoms with Gasteiger partial charge in [-0.25, -0.2) is 0 Å². The van der Waals surface area contributed by atoms with Gasteiger partial charge in [-0.3, -0.25) is 4.79 Å². The molecule has 90 valence electrons. The van der Waals surface area contributed by atoms with Crippen molar-refractivity contribution in [2.24, 2.45) is 0 Å². The Balaban J connectivity index is 2.28. The molecule has 0 atom stereocenters. The van der Waals surface area contributed by atoms with Crippen LogP contribution in [-0.4, -0.2) is 10.3 Å². The fourth-order valence-corrected chi connectivity index (χ4v) is 3.00. The van der Waals surface area contributed by atoms with Crippen LogP contribution in [0.3, 0.4) is 0 Å². The highest BCUT2D eigenvalue weighted by Gasteiger charge is 2.27. The third-order valence-electron chi connectivity index (χ3n) is 3.17. The molecule has 0 spiro atoms. The van der Waals surface area contributed by atoms with Crippen molar-refractivity contribution < 1.29 is 9.35 Å². The lowest BCUT2D eigenvalue weighted by Crippen LogP contribution is -2.16. The predicted molar refractivity (Wildman–Crippen MR) is 72.6 cm³/mol. The second kappa shape index (κ2) is 4.43. The zero-order chi connectivity index (χ0) is 12.7. The summed E-state index contributed by atoms with van der Waals surface area (Å²) in [5.74, 6) is -0.0623. The van der Waals surface area contributed by atoms with E-state index < -0.39 is 0 Å².